The summed E-state index contributed by atoms with van der Waals surface area (Å²) in [7, 11) is 0. The molecule has 7 aliphatic rings. The molecule has 0 bridgehead atoms. The molecule has 3 amide bonds. The van der Waals surface area contributed by atoms with Crippen LogP contribution in [0.5, 0.6) is 0 Å². The highest BCUT2D eigenvalue weighted by molar-refractivity contribution is 5.76. The fraction of sp³-hybridized carbons (Fsp3) is 0.944. The van der Waals surface area contributed by atoms with E-state index in [0.717, 1.165) is 71.6 Å². The highest BCUT2D eigenvalue weighted by atomic mass is 16.8. The molecule has 0 aromatic heterocycles. The second kappa shape index (κ2) is 61.3. The highest BCUT2D eigenvalue weighted by Gasteiger charge is 2.61. The average molecular weight is 1880 g/mol. The van der Waals surface area contributed by atoms with Gasteiger partial charge in [0.1, 0.15) is 165 Å². The van der Waals surface area contributed by atoms with Crippen LogP contribution in [-0.2, 0) is 80.7 Å². The number of nitrogens with one attached hydrogen (secondary N) is 3. The smallest absolute Gasteiger partial charge is 0.220 e. The number of aliphatic hydroxyl groups excluding tert-OH is 20. The zero-order valence-corrected chi connectivity index (χ0v) is 76.8. The number of rotatable bonds is 62. The molecule has 7 saturated heterocycles. The van der Waals surface area contributed by atoms with Crippen molar-refractivity contribution in [2.75, 3.05) is 46.2 Å². The Bertz CT molecular complexity index is 3060. The molecule has 7 rings (SSSR count). The Morgan fingerprint density at radius 2 is 0.638 bits per heavy atom. The van der Waals surface area contributed by atoms with E-state index in [-0.39, 0.29) is 12.3 Å². The van der Waals surface area contributed by atoms with Gasteiger partial charge in [0.15, 0.2) is 44.0 Å². The van der Waals surface area contributed by atoms with E-state index in [1.165, 1.54) is 161 Å². The van der Waals surface area contributed by atoms with Crippen LogP contribution >= 0.6 is 0 Å². The summed E-state index contributed by atoms with van der Waals surface area (Å²) in [6, 6.07) is -4.83. The van der Waals surface area contributed by atoms with Crippen LogP contribution in [-0.4, -0.2) is 393 Å². The minimum atomic E-state index is -2.47. The zero-order chi connectivity index (χ0) is 94.9. The van der Waals surface area contributed by atoms with Gasteiger partial charge in [-0.1, -0.05) is 231 Å². The van der Waals surface area contributed by atoms with Gasteiger partial charge in [-0.3, -0.25) is 14.4 Å². The van der Waals surface area contributed by atoms with Crippen LogP contribution in [0.4, 0.5) is 0 Å². The Morgan fingerprint density at radius 1 is 0.315 bits per heavy atom. The lowest BCUT2D eigenvalue weighted by Gasteiger charge is -2.52. The number of aliphatic hydroxyl groups is 20. The maximum absolute atomic E-state index is 13.8. The number of hydrogen-bond donors (Lipinski definition) is 23. The number of amides is 3. The van der Waals surface area contributed by atoms with E-state index in [9.17, 15) is 117 Å². The Labute approximate surface area is 764 Å². The molecule has 0 aromatic rings. The van der Waals surface area contributed by atoms with Crippen LogP contribution in [0, 0.1) is 0 Å². The minimum Gasteiger partial charge on any atom is -0.394 e. The van der Waals surface area contributed by atoms with Crippen molar-refractivity contribution >= 4 is 17.7 Å². The summed E-state index contributed by atoms with van der Waals surface area (Å²) in [5.41, 5.74) is 0. The van der Waals surface area contributed by atoms with Gasteiger partial charge in [0, 0.05) is 20.3 Å². The van der Waals surface area contributed by atoms with Crippen LogP contribution < -0.4 is 16.0 Å². The Balaban J connectivity index is 1.07. The SMILES string of the molecule is CCCCCCCCCCCCC/C=C/[C@@H](O)[C@H](CO[C@@H]1OC(CO)[C@@H](O[C@@H]2OC(CO)[C@H](O[C@@H]3OC(CO)[C@H](O)[C@H](O)C3NC(C)=O)[C@H](O[C@H]3OC(CO)[C@H](O)[C@H](O[C@@H]4OC(CO)[C@@H](O[C@@H]5OC(CO)[C@H](O)[C@H](O)C5O)[C@H](O[C@H]5OC(C)[C@@H](O)C(O)[C@@H]5O)C4NC(C)=O)C3O)C2O)[C@H](O)C1O)NC(=O)CCCCCCCCCCCCCCCCCCCCCCCCC. The molecule has 37 atom stereocenters. The van der Waals surface area contributed by atoms with Gasteiger partial charge in [0.05, 0.1) is 64.5 Å². The number of ether oxygens (including phenoxy) is 14. The molecule has 0 aliphatic carbocycles. The molecule has 0 saturated carbocycles. The molecule has 0 aromatic carbocycles. The molecule has 7 fully saturated rings. The summed E-state index contributed by atoms with van der Waals surface area (Å²) >= 11 is 0. The first-order valence-corrected chi connectivity index (χ1v) is 48.3. The molecule has 7 aliphatic heterocycles. The monoisotopic (exact) mass is 1880 g/mol. The third kappa shape index (κ3) is 35.0. The quantitative estimate of drug-likeness (QED) is 0.0271. The molecule has 760 valence electrons. The lowest BCUT2D eigenvalue weighted by molar-refractivity contribution is -0.404. The standard InChI is InChI=1S/C90H163N3O37/c1-6-8-10-12-14-16-18-20-21-22-23-24-25-26-27-28-29-31-33-35-37-39-41-43-62(103)93-54(55(102)42-40-38-36-34-32-30-19-17-15-13-11-9-7-2)50-117-86-75(114)72(111)78(59(47-97)123-86)125-90-77(116)83(80(61(49-99)124-90)126-84-63(91-52(4)100)69(108)66(105)56(44-94)119-84)130-89-76(115)82(68(107)58(46-96)121-89)129-85-64(92-53(5)101)81(128-87-73(112)70(109)65(104)51(3)118-87)79(60(48-98)122-85)127-88-74(113)71(110)67(106)57(45-95)120-88/h40,42,51,54-61,63-90,94-99,102,104-116H,6-39,41,43-50H2,1-5H3,(H,91,100)(H,92,101)(H,93,103)/b42-40+/t51?,54-,55+,56?,57?,58?,59?,60?,61?,63?,64?,65+,66-,67-,68-,69+,70?,71-,72+,73-,74?,75?,76?,77?,78+,79+,80-,81+,82-,83+,84-,85-,86+,87+,88-,89+,90-/m0/s1. The van der Waals surface area contributed by atoms with Crippen molar-refractivity contribution in [1.82, 2.24) is 16.0 Å². The first kappa shape index (κ1) is 114. The molecule has 40 heteroatoms. The van der Waals surface area contributed by atoms with Crippen molar-refractivity contribution in [1.29, 1.82) is 0 Å². The van der Waals surface area contributed by atoms with E-state index in [1.54, 1.807) is 6.08 Å². The van der Waals surface area contributed by atoms with E-state index >= 15 is 0 Å². The van der Waals surface area contributed by atoms with Crippen molar-refractivity contribution in [2.24, 2.45) is 0 Å². The number of carbonyl (C=O) groups is 3. The first-order valence-electron chi connectivity index (χ1n) is 48.3. The summed E-state index contributed by atoms with van der Waals surface area (Å²) in [4.78, 5) is 40.0. The Morgan fingerprint density at radius 3 is 1.12 bits per heavy atom. The molecule has 7 heterocycles. The lowest BCUT2D eigenvalue weighted by Crippen LogP contribution is -2.71. The summed E-state index contributed by atoms with van der Waals surface area (Å²) in [5.74, 6) is -2.15. The largest absolute Gasteiger partial charge is 0.394 e. The average Bonchev–Trinajstić information content (AvgIpc) is 0.759. The van der Waals surface area contributed by atoms with Crippen LogP contribution in [0.15, 0.2) is 12.2 Å². The fourth-order valence-electron chi connectivity index (χ4n) is 17.9. The molecule has 14 unspecified atom stereocenters. The van der Waals surface area contributed by atoms with Gasteiger partial charge in [-0.2, -0.15) is 0 Å². The molecular formula is C90H163N3O37. The van der Waals surface area contributed by atoms with Crippen molar-refractivity contribution in [3.63, 3.8) is 0 Å². The van der Waals surface area contributed by atoms with E-state index in [2.05, 4.69) is 29.8 Å². The first-order chi connectivity index (χ1) is 62.5. The topological polar surface area (TPSA) is 621 Å². The van der Waals surface area contributed by atoms with Gasteiger partial charge in [0.2, 0.25) is 17.7 Å². The van der Waals surface area contributed by atoms with Crippen LogP contribution in [0.2, 0.25) is 0 Å². The van der Waals surface area contributed by atoms with E-state index in [0.29, 0.717) is 12.8 Å². The number of hydrogen-bond acceptors (Lipinski definition) is 37. The van der Waals surface area contributed by atoms with Crippen LogP contribution in [0.3, 0.4) is 0 Å². The molecule has 23 N–H and O–H groups in total. The van der Waals surface area contributed by atoms with Gasteiger partial charge in [0.25, 0.3) is 0 Å². The van der Waals surface area contributed by atoms with E-state index < -0.39 is 285 Å². The van der Waals surface area contributed by atoms with Crippen molar-refractivity contribution in [3.8, 4) is 0 Å². The van der Waals surface area contributed by atoms with Gasteiger partial charge in [-0.15, -0.1) is 0 Å². The molecule has 40 nitrogen and oxygen atoms in total. The van der Waals surface area contributed by atoms with Crippen molar-refractivity contribution < 1.29 is 183 Å². The second-order valence-corrected chi connectivity index (χ2v) is 36.3. The van der Waals surface area contributed by atoms with Gasteiger partial charge in [-0.25, -0.2) is 0 Å². The maximum atomic E-state index is 13.8. The van der Waals surface area contributed by atoms with Crippen LogP contribution in [0.25, 0.3) is 0 Å². The number of carbonyl (C=O) groups excluding carboxylic acids is 3. The van der Waals surface area contributed by atoms with Crippen molar-refractivity contribution in [2.45, 2.75) is 493 Å². The maximum Gasteiger partial charge on any atom is 0.220 e. The third-order valence-electron chi connectivity index (χ3n) is 25.8. The lowest BCUT2D eigenvalue weighted by atomic mass is 9.93. The summed E-state index contributed by atoms with van der Waals surface area (Å²) in [6.45, 7) is 0.771. The molecule has 130 heavy (non-hydrogen) atoms. The minimum absolute atomic E-state index is 0.134. The van der Waals surface area contributed by atoms with E-state index in [1.807, 2.05) is 6.08 Å². The summed E-state index contributed by atoms with van der Waals surface area (Å²) in [5, 5.41) is 234. The Kier molecular flexibility index (Phi) is 53.6. The predicted octanol–water partition coefficient (Wildman–Crippen LogP) is -0.451. The van der Waals surface area contributed by atoms with Gasteiger partial charge in [-0.05, 0) is 26.2 Å². The highest BCUT2D eigenvalue weighted by Crippen LogP contribution is 2.40. The molecular weight excluding hydrogens is 1710 g/mol. The Hall–Kier alpha value is -3.21. The number of unbranched alkanes of at least 4 members (excludes halogenated alkanes) is 33. The van der Waals surface area contributed by atoms with E-state index in [4.69, 9.17) is 66.3 Å². The van der Waals surface area contributed by atoms with Crippen LogP contribution in [0.1, 0.15) is 266 Å². The van der Waals surface area contributed by atoms with Gasteiger partial charge >= 0.3 is 0 Å². The second-order valence-electron chi connectivity index (χ2n) is 36.3. The summed E-state index contributed by atoms with van der Waals surface area (Å²) in [6.07, 6.45) is -22.8. The molecule has 0 radical (unpaired) electrons. The fourth-order valence-corrected chi connectivity index (χ4v) is 17.9. The molecule has 0 spiro atoms. The third-order valence-corrected chi connectivity index (χ3v) is 25.8. The van der Waals surface area contributed by atoms with Gasteiger partial charge < -0.3 is 184 Å². The van der Waals surface area contributed by atoms with Crippen molar-refractivity contribution in [3.05, 3.63) is 12.2 Å². The zero-order valence-electron chi connectivity index (χ0n) is 76.8. The summed E-state index contributed by atoms with van der Waals surface area (Å²) < 4.78 is 85.4. The number of allylic oxidation sites excluding steroid dienone is 1. The predicted molar refractivity (Wildman–Crippen MR) is 462 cm³/mol. The normalized spacial score (nSPS) is 37.3.